The first-order valence-corrected chi connectivity index (χ1v) is 10.1. The van der Waals surface area contributed by atoms with Crippen LogP contribution >= 0.6 is 11.6 Å². The fourth-order valence-electron chi connectivity index (χ4n) is 2.51. The van der Waals surface area contributed by atoms with E-state index in [1.807, 2.05) is 0 Å². The normalized spacial score (nSPS) is 11.1. The number of hydrogen-bond donors (Lipinski definition) is 1. The molecule has 144 valence electrons. The Morgan fingerprint density at radius 1 is 0.929 bits per heavy atom. The Balaban J connectivity index is 1.91. The van der Waals surface area contributed by atoms with Crippen LogP contribution in [0, 0.1) is 5.82 Å². The fraction of sp³-hybridized carbons (Fsp3) is 0.0500. The SMILES string of the molecule is O=C(CN(c1ccc(Cl)cc1)S(=O)(=O)c1ccccc1)Nc1ccc(F)cc1. The molecule has 3 aromatic rings. The molecule has 28 heavy (non-hydrogen) atoms. The number of anilines is 2. The van der Waals surface area contributed by atoms with Gasteiger partial charge in [-0.05, 0) is 60.7 Å². The van der Waals surface area contributed by atoms with E-state index in [0.29, 0.717) is 16.4 Å². The summed E-state index contributed by atoms with van der Waals surface area (Å²) in [6.45, 7) is -0.462. The topological polar surface area (TPSA) is 66.5 Å². The van der Waals surface area contributed by atoms with Gasteiger partial charge in [0.15, 0.2) is 0 Å². The summed E-state index contributed by atoms with van der Waals surface area (Å²) in [6, 6.07) is 19.1. The van der Waals surface area contributed by atoms with Crippen molar-refractivity contribution < 1.29 is 17.6 Å². The lowest BCUT2D eigenvalue weighted by Crippen LogP contribution is -2.38. The van der Waals surface area contributed by atoms with E-state index in [9.17, 15) is 17.6 Å². The Morgan fingerprint density at radius 3 is 2.14 bits per heavy atom. The van der Waals surface area contributed by atoms with Crippen LogP contribution in [0.1, 0.15) is 0 Å². The van der Waals surface area contributed by atoms with E-state index in [-0.39, 0.29) is 4.90 Å². The van der Waals surface area contributed by atoms with Crippen LogP contribution in [0.2, 0.25) is 5.02 Å². The summed E-state index contributed by atoms with van der Waals surface area (Å²) in [7, 11) is -3.99. The molecule has 0 atom stereocenters. The Hall–Kier alpha value is -2.90. The maximum atomic E-state index is 13.1. The maximum Gasteiger partial charge on any atom is 0.264 e. The second-order valence-corrected chi connectivity index (χ2v) is 8.15. The molecule has 0 heterocycles. The number of carbonyl (C=O) groups is 1. The first-order valence-electron chi connectivity index (χ1n) is 8.25. The number of benzene rings is 3. The van der Waals surface area contributed by atoms with E-state index in [4.69, 9.17) is 11.6 Å². The maximum absolute atomic E-state index is 13.1. The van der Waals surface area contributed by atoms with E-state index in [0.717, 1.165) is 4.31 Å². The van der Waals surface area contributed by atoms with Crippen LogP contribution in [0.15, 0.2) is 83.8 Å². The third-order valence-corrected chi connectivity index (χ3v) is 5.90. The van der Waals surface area contributed by atoms with Crippen LogP contribution in [0.5, 0.6) is 0 Å². The first kappa shape index (κ1) is 19.9. The second kappa shape index (κ2) is 8.41. The van der Waals surface area contributed by atoms with Crippen molar-refractivity contribution in [1.82, 2.24) is 0 Å². The molecular formula is C20H16ClFN2O3S. The van der Waals surface area contributed by atoms with Gasteiger partial charge in [0.2, 0.25) is 5.91 Å². The lowest BCUT2D eigenvalue weighted by atomic mass is 10.3. The zero-order valence-corrected chi connectivity index (χ0v) is 16.1. The largest absolute Gasteiger partial charge is 0.325 e. The second-order valence-electron chi connectivity index (χ2n) is 5.86. The number of sulfonamides is 1. The molecular weight excluding hydrogens is 403 g/mol. The minimum absolute atomic E-state index is 0.0551. The molecule has 0 saturated carbocycles. The molecule has 1 amide bonds. The third kappa shape index (κ3) is 4.68. The molecule has 3 aromatic carbocycles. The van der Waals surface area contributed by atoms with Gasteiger partial charge >= 0.3 is 0 Å². The van der Waals surface area contributed by atoms with Crippen LogP contribution in [0.25, 0.3) is 0 Å². The van der Waals surface area contributed by atoms with E-state index < -0.39 is 28.3 Å². The molecule has 0 aliphatic heterocycles. The van der Waals surface area contributed by atoms with Crippen LogP contribution in [-0.4, -0.2) is 20.9 Å². The van der Waals surface area contributed by atoms with Gasteiger partial charge in [0, 0.05) is 10.7 Å². The monoisotopic (exact) mass is 418 g/mol. The molecule has 1 N–H and O–H groups in total. The summed E-state index contributed by atoms with van der Waals surface area (Å²) >= 11 is 5.90. The van der Waals surface area contributed by atoms with Gasteiger partial charge in [-0.3, -0.25) is 9.10 Å². The van der Waals surface area contributed by atoms with Gasteiger partial charge in [0.1, 0.15) is 12.4 Å². The van der Waals surface area contributed by atoms with Crippen molar-refractivity contribution in [1.29, 1.82) is 0 Å². The highest BCUT2D eigenvalue weighted by Gasteiger charge is 2.27. The number of nitrogens with zero attached hydrogens (tertiary/aromatic N) is 1. The molecule has 8 heteroatoms. The van der Waals surface area contributed by atoms with Gasteiger partial charge < -0.3 is 5.32 Å². The lowest BCUT2D eigenvalue weighted by Gasteiger charge is -2.24. The quantitative estimate of drug-likeness (QED) is 0.648. The van der Waals surface area contributed by atoms with Gasteiger partial charge in [-0.1, -0.05) is 29.8 Å². The van der Waals surface area contributed by atoms with Gasteiger partial charge in [-0.2, -0.15) is 0 Å². The van der Waals surface area contributed by atoms with Crippen molar-refractivity contribution >= 4 is 38.9 Å². The van der Waals surface area contributed by atoms with E-state index >= 15 is 0 Å². The average Bonchev–Trinajstić information content (AvgIpc) is 2.69. The van der Waals surface area contributed by atoms with Crippen LogP contribution < -0.4 is 9.62 Å². The summed E-state index contributed by atoms with van der Waals surface area (Å²) in [5.74, 6) is -1.01. The zero-order valence-electron chi connectivity index (χ0n) is 14.5. The number of hydrogen-bond acceptors (Lipinski definition) is 3. The van der Waals surface area contributed by atoms with Crippen LogP contribution in [0.4, 0.5) is 15.8 Å². The summed E-state index contributed by atoms with van der Waals surface area (Å²) in [5.41, 5.74) is 0.655. The molecule has 3 rings (SSSR count). The fourth-order valence-corrected chi connectivity index (χ4v) is 4.07. The van der Waals surface area contributed by atoms with E-state index in [1.54, 1.807) is 30.3 Å². The number of nitrogens with one attached hydrogen (secondary N) is 1. The first-order chi connectivity index (χ1) is 13.4. The number of rotatable bonds is 6. The summed E-state index contributed by atoms with van der Waals surface area (Å²) < 4.78 is 40.2. The van der Waals surface area contributed by atoms with E-state index in [1.165, 1.54) is 48.5 Å². The average molecular weight is 419 g/mol. The molecule has 0 unspecified atom stereocenters. The number of carbonyl (C=O) groups excluding carboxylic acids is 1. The predicted octanol–water partition coefficient (Wildman–Crippen LogP) is 4.31. The van der Waals surface area contributed by atoms with Crippen LogP contribution in [0.3, 0.4) is 0 Å². The highest BCUT2D eigenvalue weighted by molar-refractivity contribution is 7.92. The molecule has 0 saturated heterocycles. The number of halogens is 2. The summed E-state index contributed by atoms with van der Waals surface area (Å²) in [4.78, 5) is 12.5. The van der Waals surface area contributed by atoms with Gasteiger partial charge in [0.25, 0.3) is 10.0 Å². The molecule has 0 bridgehead atoms. The van der Waals surface area contributed by atoms with Crippen molar-refractivity contribution in [3.05, 3.63) is 89.7 Å². The molecule has 0 aromatic heterocycles. The summed E-state index contributed by atoms with van der Waals surface area (Å²) in [6.07, 6.45) is 0. The van der Waals surface area contributed by atoms with Crippen LogP contribution in [-0.2, 0) is 14.8 Å². The zero-order chi connectivity index (χ0) is 20.1. The Kier molecular flexibility index (Phi) is 5.96. The van der Waals surface area contributed by atoms with Crippen molar-refractivity contribution in [3.8, 4) is 0 Å². The highest BCUT2D eigenvalue weighted by atomic mass is 35.5. The van der Waals surface area contributed by atoms with Gasteiger partial charge in [-0.25, -0.2) is 12.8 Å². The van der Waals surface area contributed by atoms with Crippen molar-refractivity contribution in [2.45, 2.75) is 4.90 Å². The predicted molar refractivity (Wildman–Crippen MR) is 107 cm³/mol. The molecule has 0 aliphatic rings. The molecule has 0 radical (unpaired) electrons. The van der Waals surface area contributed by atoms with Crippen molar-refractivity contribution in [2.75, 3.05) is 16.2 Å². The number of amides is 1. The highest BCUT2D eigenvalue weighted by Crippen LogP contribution is 2.25. The molecule has 5 nitrogen and oxygen atoms in total. The third-order valence-electron chi connectivity index (χ3n) is 3.86. The Bertz CT molecular complexity index is 1060. The van der Waals surface area contributed by atoms with Crippen molar-refractivity contribution in [2.24, 2.45) is 0 Å². The Morgan fingerprint density at radius 2 is 1.54 bits per heavy atom. The molecule has 0 aliphatic carbocycles. The van der Waals surface area contributed by atoms with Gasteiger partial charge in [0.05, 0.1) is 10.6 Å². The molecule has 0 spiro atoms. The van der Waals surface area contributed by atoms with E-state index in [2.05, 4.69) is 5.32 Å². The molecule has 0 fully saturated rings. The van der Waals surface area contributed by atoms with Crippen molar-refractivity contribution in [3.63, 3.8) is 0 Å². The Labute approximate surface area is 167 Å². The standard InChI is InChI=1S/C20H16ClFN2O3S/c21-15-6-12-18(13-7-15)24(28(26,27)19-4-2-1-3-5-19)14-20(25)23-17-10-8-16(22)9-11-17/h1-13H,14H2,(H,23,25). The lowest BCUT2D eigenvalue weighted by molar-refractivity contribution is -0.114. The van der Waals surface area contributed by atoms with Gasteiger partial charge in [-0.15, -0.1) is 0 Å². The summed E-state index contributed by atoms with van der Waals surface area (Å²) in [5, 5.41) is 3.01. The smallest absolute Gasteiger partial charge is 0.264 e. The minimum atomic E-state index is -3.99. The minimum Gasteiger partial charge on any atom is -0.325 e.